The van der Waals surface area contributed by atoms with Gasteiger partial charge < -0.3 is 19.5 Å². The number of methoxy groups -OCH3 is 1. The van der Waals surface area contributed by atoms with Crippen LogP contribution in [0.15, 0.2) is 0 Å². The van der Waals surface area contributed by atoms with E-state index in [2.05, 4.69) is 10.1 Å². The summed E-state index contributed by atoms with van der Waals surface area (Å²) in [5.41, 5.74) is -1.33. The normalized spacial score (nSPS) is 13.3. The summed E-state index contributed by atoms with van der Waals surface area (Å²) in [7, 11) is 1.37. The van der Waals surface area contributed by atoms with Crippen LogP contribution in [0.2, 0.25) is 0 Å². The first-order valence-corrected chi connectivity index (χ1v) is 6.04. The van der Waals surface area contributed by atoms with Crippen LogP contribution in [-0.4, -0.2) is 50.3 Å². The minimum atomic E-state index is -1.33. The number of amides is 1. The summed E-state index contributed by atoms with van der Waals surface area (Å²) in [6.45, 7) is 4.58. The van der Waals surface area contributed by atoms with Gasteiger partial charge in [-0.3, -0.25) is 9.59 Å². The third-order valence-corrected chi connectivity index (χ3v) is 2.43. The highest BCUT2D eigenvalue weighted by molar-refractivity contribution is 5.86. The van der Waals surface area contributed by atoms with Crippen molar-refractivity contribution >= 4 is 17.8 Å². The highest BCUT2D eigenvalue weighted by Crippen LogP contribution is 2.17. The summed E-state index contributed by atoms with van der Waals surface area (Å²) in [5, 5.41) is 2.31. The summed E-state index contributed by atoms with van der Waals surface area (Å²) in [6, 6.07) is 0. The predicted molar refractivity (Wildman–Crippen MR) is 66.3 cm³/mol. The topological polar surface area (TPSA) is 90.9 Å². The lowest BCUT2D eigenvalue weighted by molar-refractivity contribution is -0.180. The van der Waals surface area contributed by atoms with Crippen molar-refractivity contribution < 1.29 is 28.6 Å². The molecule has 0 rings (SSSR count). The molecular weight excluding hydrogens is 254 g/mol. The van der Waals surface area contributed by atoms with Gasteiger partial charge in [0.1, 0.15) is 13.2 Å². The number of esters is 2. The first-order valence-electron chi connectivity index (χ1n) is 6.04. The molecule has 1 amide bonds. The number of hydrogen-bond acceptors (Lipinski definition) is 6. The molecule has 0 bridgehead atoms. The quantitative estimate of drug-likeness (QED) is 0.628. The zero-order chi connectivity index (χ0) is 14.9. The maximum atomic E-state index is 11.7. The number of hydrogen-bond donors (Lipinski definition) is 1. The van der Waals surface area contributed by atoms with E-state index >= 15 is 0 Å². The van der Waals surface area contributed by atoms with Crippen molar-refractivity contribution in [3.8, 4) is 0 Å². The maximum absolute atomic E-state index is 11.7. The molecule has 19 heavy (non-hydrogen) atoms. The lowest BCUT2D eigenvalue weighted by Crippen LogP contribution is -2.44. The fraction of sp³-hybridized carbons (Fsp3) is 0.750. The van der Waals surface area contributed by atoms with Crippen molar-refractivity contribution in [2.45, 2.75) is 32.8 Å². The summed E-state index contributed by atoms with van der Waals surface area (Å²) in [5.74, 6) is -1.75. The molecule has 0 aromatic carbocycles. The van der Waals surface area contributed by atoms with Crippen molar-refractivity contribution in [2.24, 2.45) is 0 Å². The molecule has 7 heteroatoms. The second kappa shape index (κ2) is 8.47. The van der Waals surface area contributed by atoms with Gasteiger partial charge in [-0.1, -0.05) is 6.92 Å². The second-order valence-electron chi connectivity index (χ2n) is 3.99. The Labute approximate surface area is 112 Å². The van der Waals surface area contributed by atoms with Crippen molar-refractivity contribution in [2.75, 3.05) is 26.9 Å². The van der Waals surface area contributed by atoms with E-state index in [1.165, 1.54) is 14.0 Å². The van der Waals surface area contributed by atoms with Crippen LogP contribution in [0, 0.1) is 0 Å². The summed E-state index contributed by atoms with van der Waals surface area (Å²) >= 11 is 0. The average molecular weight is 275 g/mol. The molecule has 0 aromatic heterocycles. The summed E-state index contributed by atoms with van der Waals surface area (Å²) in [6.07, 6.45) is 0.281. The van der Waals surface area contributed by atoms with Crippen LogP contribution >= 0.6 is 0 Å². The Bertz CT molecular complexity index is 330. The van der Waals surface area contributed by atoms with E-state index < -0.39 is 23.4 Å². The summed E-state index contributed by atoms with van der Waals surface area (Å²) < 4.78 is 14.5. The highest BCUT2D eigenvalue weighted by Gasteiger charge is 2.37. The molecule has 0 aliphatic heterocycles. The molecule has 0 fully saturated rings. The molecule has 0 aliphatic carbocycles. The van der Waals surface area contributed by atoms with E-state index in [0.717, 1.165) is 0 Å². The van der Waals surface area contributed by atoms with Gasteiger partial charge in [0, 0.05) is 7.11 Å². The largest absolute Gasteiger partial charge is 0.463 e. The Hall–Kier alpha value is -1.63. The summed E-state index contributed by atoms with van der Waals surface area (Å²) in [4.78, 5) is 34.3. The van der Waals surface area contributed by atoms with Crippen LogP contribution in [0.5, 0.6) is 0 Å². The smallest absolute Gasteiger partial charge is 0.350 e. The average Bonchev–Trinajstić information content (AvgIpc) is 2.37. The molecule has 0 unspecified atom stereocenters. The van der Waals surface area contributed by atoms with Crippen molar-refractivity contribution in [1.29, 1.82) is 0 Å². The van der Waals surface area contributed by atoms with Gasteiger partial charge in [-0.05, 0) is 20.3 Å². The maximum Gasteiger partial charge on any atom is 0.350 e. The number of carbonyl (C=O) groups is 3. The third kappa shape index (κ3) is 6.19. The molecule has 7 nitrogen and oxygen atoms in total. The van der Waals surface area contributed by atoms with Gasteiger partial charge in [-0.15, -0.1) is 0 Å². The van der Waals surface area contributed by atoms with Crippen LogP contribution in [-0.2, 0) is 28.6 Å². The van der Waals surface area contributed by atoms with Crippen LogP contribution in [0.1, 0.15) is 27.2 Å². The van der Waals surface area contributed by atoms with Crippen LogP contribution in [0.4, 0.5) is 0 Å². The van der Waals surface area contributed by atoms with Crippen molar-refractivity contribution in [3.05, 3.63) is 0 Å². The van der Waals surface area contributed by atoms with Crippen LogP contribution in [0.3, 0.4) is 0 Å². The van der Waals surface area contributed by atoms with E-state index in [9.17, 15) is 14.4 Å². The zero-order valence-corrected chi connectivity index (χ0v) is 11.8. The van der Waals surface area contributed by atoms with Gasteiger partial charge in [0.05, 0.1) is 6.61 Å². The molecule has 0 saturated heterocycles. The van der Waals surface area contributed by atoms with Crippen molar-refractivity contribution in [3.63, 3.8) is 0 Å². The van der Waals surface area contributed by atoms with Gasteiger partial charge in [-0.2, -0.15) is 0 Å². The molecule has 1 N–H and O–H groups in total. The Balaban J connectivity index is 4.34. The molecule has 0 heterocycles. The lowest BCUT2D eigenvalue weighted by Gasteiger charge is -2.25. The number of rotatable bonds is 8. The predicted octanol–water partition coefficient (Wildman–Crippen LogP) is 0.0240. The standard InChI is InChI=1S/C12H21NO6/c1-5-12(3,11(16)18-6-2)19-10(15)7-13-9(14)8-17-4/h5-8H2,1-4H3,(H,13,14)/t12-/m1/s1. The minimum absolute atomic E-state index is 0.143. The second-order valence-corrected chi connectivity index (χ2v) is 3.99. The van der Waals surface area contributed by atoms with Gasteiger partial charge in [0.15, 0.2) is 0 Å². The zero-order valence-electron chi connectivity index (χ0n) is 11.8. The van der Waals surface area contributed by atoms with E-state index in [0.29, 0.717) is 0 Å². The Morgan fingerprint density at radius 3 is 2.32 bits per heavy atom. The fourth-order valence-electron chi connectivity index (χ4n) is 1.18. The fourth-order valence-corrected chi connectivity index (χ4v) is 1.18. The number of carbonyl (C=O) groups excluding carboxylic acids is 3. The third-order valence-electron chi connectivity index (χ3n) is 2.43. The molecule has 1 atom stereocenters. The van der Waals surface area contributed by atoms with Gasteiger partial charge in [-0.25, -0.2) is 4.79 Å². The first-order chi connectivity index (χ1) is 8.89. The van der Waals surface area contributed by atoms with Gasteiger partial charge in [0.25, 0.3) is 0 Å². The molecule has 0 aliphatic rings. The molecular formula is C12H21NO6. The monoisotopic (exact) mass is 275 g/mol. The highest BCUT2D eigenvalue weighted by atomic mass is 16.6. The van der Waals surface area contributed by atoms with Gasteiger partial charge >= 0.3 is 11.9 Å². The van der Waals surface area contributed by atoms with Crippen molar-refractivity contribution in [1.82, 2.24) is 5.32 Å². The molecule has 0 radical (unpaired) electrons. The Morgan fingerprint density at radius 2 is 1.84 bits per heavy atom. The van der Waals surface area contributed by atoms with Gasteiger partial charge in [0.2, 0.25) is 11.5 Å². The van der Waals surface area contributed by atoms with E-state index in [1.807, 2.05) is 0 Å². The van der Waals surface area contributed by atoms with E-state index in [1.54, 1.807) is 13.8 Å². The Morgan fingerprint density at radius 1 is 1.21 bits per heavy atom. The number of ether oxygens (including phenoxy) is 3. The van der Waals surface area contributed by atoms with E-state index in [-0.39, 0.29) is 26.2 Å². The molecule has 0 saturated carbocycles. The van der Waals surface area contributed by atoms with E-state index in [4.69, 9.17) is 9.47 Å². The molecule has 0 spiro atoms. The first kappa shape index (κ1) is 17.4. The lowest BCUT2D eigenvalue weighted by atomic mass is 10.0. The number of nitrogens with one attached hydrogen (secondary N) is 1. The van der Waals surface area contributed by atoms with Crippen LogP contribution in [0.25, 0.3) is 0 Å². The molecule has 0 aromatic rings. The Kier molecular flexibility index (Phi) is 7.74. The molecule has 110 valence electrons. The minimum Gasteiger partial charge on any atom is -0.463 e. The SMILES string of the molecule is CCOC(=O)[C@@](C)(CC)OC(=O)CNC(=O)COC. The van der Waals surface area contributed by atoms with Crippen LogP contribution < -0.4 is 5.32 Å².